The van der Waals surface area contributed by atoms with Crippen LogP contribution in [0.4, 0.5) is 0 Å². The number of pyridine rings is 1. The molecule has 4 heteroatoms. The van der Waals surface area contributed by atoms with Gasteiger partial charge in [-0.25, -0.2) is 4.98 Å². The molecule has 1 aromatic carbocycles. The molecule has 0 aliphatic heterocycles. The van der Waals surface area contributed by atoms with Gasteiger partial charge >= 0.3 is 0 Å². The summed E-state index contributed by atoms with van der Waals surface area (Å²) in [6, 6.07) is 11.8. The number of halogens is 1. The number of amides is 1. The number of aromatic nitrogens is 1. The molecular weight excluding hydrogens is 316 g/mol. The van der Waals surface area contributed by atoms with Gasteiger partial charge in [-0.3, -0.25) is 4.79 Å². The molecule has 0 fully saturated rings. The van der Waals surface area contributed by atoms with E-state index in [9.17, 15) is 4.79 Å². The summed E-state index contributed by atoms with van der Waals surface area (Å²) < 4.78 is 0.566. The molecule has 1 heterocycles. The first-order chi connectivity index (χ1) is 9.61. The molecule has 3 nitrogen and oxygen atoms in total. The average molecular weight is 333 g/mol. The van der Waals surface area contributed by atoms with Crippen molar-refractivity contribution in [2.24, 2.45) is 0 Å². The molecule has 1 amide bonds. The lowest BCUT2D eigenvalue weighted by Crippen LogP contribution is -2.28. The SMILES string of the molecule is CCC(NC(=O)c1cccnc1Br)c1ccc(C)cc1. The predicted molar refractivity (Wildman–Crippen MR) is 83.6 cm³/mol. The Labute approximate surface area is 127 Å². The molecule has 0 saturated heterocycles. The number of nitrogens with one attached hydrogen (secondary N) is 1. The van der Waals surface area contributed by atoms with E-state index in [4.69, 9.17) is 0 Å². The fourth-order valence-electron chi connectivity index (χ4n) is 2.01. The minimum Gasteiger partial charge on any atom is -0.345 e. The highest BCUT2D eigenvalue weighted by Gasteiger charge is 2.16. The van der Waals surface area contributed by atoms with Crippen molar-refractivity contribution < 1.29 is 4.79 Å². The Kier molecular flexibility index (Phi) is 4.90. The average Bonchev–Trinajstić information content (AvgIpc) is 2.46. The first-order valence-corrected chi connectivity index (χ1v) is 7.39. The summed E-state index contributed by atoms with van der Waals surface area (Å²) in [7, 11) is 0. The second-order valence-corrected chi connectivity index (χ2v) is 5.44. The summed E-state index contributed by atoms with van der Waals surface area (Å²) in [5.41, 5.74) is 2.88. The molecule has 1 N–H and O–H groups in total. The Bertz CT molecular complexity index is 596. The van der Waals surface area contributed by atoms with E-state index in [1.165, 1.54) is 5.56 Å². The van der Waals surface area contributed by atoms with Crippen LogP contribution in [0.5, 0.6) is 0 Å². The van der Waals surface area contributed by atoms with Crippen molar-refractivity contribution in [3.63, 3.8) is 0 Å². The van der Waals surface area contributed by atoms with Gasteiger partial charge < -0.3 is 5.32 Å². The number of carbonyl (C=O) groups is 1. The quantitative estimate of drug-likeness (QED) is 0.858. The number of hydrogen-bond acceptors (Lipinski definition) is 2. The zero-order valence-electron chi connectivity index (χ0n) is 11.6. The highest BCUT2D eigenvalue weighted by atomic mass is 79.9. The van der Waals surface area contributed by atoms with Gasteiger partial charge in [-0.1, -0.05) is 36.8 Å². The van der Waals surface area contributed by atoms with Crippen LogP contribution in [0.2, 0.25) is 0 Å². The lowest BCUT2D eigenvalue weighted by Gasteiger charge is -2.18. The number of benzene rings is 1. The first kappa shape index (κ1) is 14.7. The van der Waals surface area contributed by atoms with E-state index in [0.29, 0.717) is 10.2 Å². The number of rotatable bonds is 4. The normalized spacial score (nSPS) is 11.9. The molecular formula is C16H17BrN2O. The van der Waals surface area contributed by atoms with Crippen LogP contribution in [0.3, 0.4) is 0 Å². The van der Waals surface area contributed by atoms with E-state index in [-0.39, 0.29) is 11.9 Å². The molecule has 1 unspecified atom stereocenters. The van der Waals surface area contributed by atoms with E-state index >= 15 is 0 Å². The number of aryl methyl sites for hydroxylation is 1. The second-order valence-electron chi connectivity index (χ2n) is 4.69. The van der Waals surface area contributed by atoms with Gasteiger partial charge in [0, 0.05) is 6.20 Å². The number of carbonyl (C=O) groups excluding carboxylic acids is 1. The van der Waals surface area contributed by atoms with Gasteiger partial charge in [0.2, 0.25) is 0 Å². The minimum absolute atomic E-state index is 0.00945. The molecule has 0 radical (unpaired) electrons. The van der Waals surface area contributed by atoms with Gasteiger partial charge in [0.05, 0.1) is 11.6 Å². The van der Waals surface area contributed by atoms with Crippen LogP contribution in [0.1, 0.15) is 40.9 Å². The van der Waals surface area contributed by atoms with E-state index in [0.717, 1.165) is 12.0 Å². The molecule has 0 bridgehead atoms. The highest BCUT2D eigenvalue weighted by molar-refractivity contribution is 9.10. The van der Waals surface area contributed by atoms with Crippen LogP contribution < -0.4 is 5.32 Å². The van der Waals surface area contributed by atoms with Crippen molar-refractivity contribution in [2.45, 2.75) is 26.3 Å². The zero-order valence-corrected chi connectivity index (χ0v) is 13.1. The fourth-order valence-corrected chi connectivity index (χ4v) is 2.44. The maximum atomic E-state index is 12.3. The van der Waals surface area contributed by atoms with E-state index in [2.05, 4.69) is 64.3 Å². The third-order valence-electron chi connectivity index (χ3n) is 3.20. The Hall–Kier alpha value is -1.68. The summed E-state index contributed by atoms with van der Waals surface area (Å²) in [5, 5.41) is 3.05. The summed E-state index contributed by atoms with van der Waals surface area (Å²) in [5.74, 6) is -0.114. The van der Waals surface area contributed by atoms with Gasteiger partial charge in [0.25, 0.3) is 5.91 Å². The molecule has 1 aromatic heterocycles. The second kappa shape index (κ2) is 6.66. The minimum atomic E-state index is -0.114. The lowest BCUT2D eigenvalue weighted by molar-refractivity contribution is 0.0934. The zero-order chi connectivity index (χ0) is 14.5. The molecule has 20 heavy (non-hydrogen) atoms. The molecule has 104 valence electrons. The van der Waals surface area contributed by atoms with E-state index < -0.39 is 0 Å². The van der Waals surface area contributed by atoms with Crippen molar-refractivity contribution >= 4 is 21.8 Å². The fraction of sp³-hybridized carbons (Fsp3) is 0.250. The Morgan fingerprint density at radius 2 is 2.00 bits per heavy atom. The standard InChI is InChI=1S/C16H17BrN2O/c1-3-14(12-8-6-11(2)7-9-12)19-16(20)13-5-4-10-18-15(13)17/h4-10,14H,3H2,1-2H3,(H,19,20). The summed E-state index contributed by atoms with van der Waals surface area (Å²) >= 11 is 3.30. The van der Waals surface area contributed by atoms with Crippen LogP contribution in [-0.4, -0.2) is 10.9 Å². The van der Waals surface area contributed by atoms with Gasteiger partial charge in [0.15, 0.2) is 0 Å². The summed E-state index contributed by atoms with van der Waals surface area (Å²) in [6.07, 6.45) is 2.49. The first-order valence-electron chi connectivity index (χ1n) is 6.59. The van der Waals surface area contributed by atoms with Crippen molar-refractivity contribution in [2.75, 3.05) is 0 Å². The third-order valence-corrected chi connectivity index (χ3v) is 3.83. The van der Waals surface area contributed by atoms with Gasteiger partial charge in [-0.15, -0.1) is 0 Å². The molecule has 0 spiro atoms. The van der Waals surface area contributed by atoms with Gasteiger partial charge in [-0.05, 0) is 47.0 Å². The Balaban J connectivity index is 2.16. The monoisotopic (exact) mass is 332 g/mol. The largest absolute Gasteiger partial charge is 0.345 e. The molecule has 2 rings (SSSR count). The van der Waals surface area contributed by atoms with Gasteiger partial charge in [0.1, 0.15) is 4.60 Å². The van der Waals surface area contributed by atoms with Crippen LogP contribution in [0.15, 0.2) is 47.2 Å². The topological polar surface area (TPSA) is 42.0 Å². The van der Waals surface area contributed by atoms with Crippen LogP contribution in [-0.2, 0) is 0 Å². The number of hydrogen-bond donors (Lipinski definition) is 1. The lowest BCUT2D eigenvalue weighted by atomic mass is 10.0. The molecule has 2 aromatic rings. The van der Waals surface area contributed by atoms with Crippen LogP contribution in [0.25, 0.3) is 0 Å². The van der Waals surface area contributed by atoms with E-state index in [1.807, 2.05) is 0 Å². The van der Waals surface area contributed by atoms with Crippen molar-refractivity contribution in [1.29, 1.82) is 0 Å². The molecule has 0 aliphatic carbocycles. The van der Waals surface area contributed by atoms with Crippen LogP contribution in [0, 0.1) is 6.92 Å². The molecule has 0 saturated carbocycles. The Morgan fingerprint density at radius 1 is 1.30 bits per heavy atom. The van der Waals surface area contributed by atoms with Crippen molar-refractivity contribution in [3.8, 4) is 0 Å². The molecule has 1 atom stereocenters. The van der Waals surface area contributed by atoms with E-state index in [1.54, 1.807) is 18.3 Å². The summed E-state index contributed by atoms with van der Waals surface area (Å²) in [4.78, 5) is 16.4. The van der Waals surface area contributed by atoms with Crippen LogP contribution >= 0.6 is 15.9 Å². The maximum Gasteiger partial charge on any atom is 0.254 e. The maximum absolute atomic E-state index is 12.3. The smallest absolute Gasteiger partial charge is 0.254 e. The highest BCUT2D eigenvalue weighted by Crippen LogP contribution is 2.19. The van der Waals surface area contributed by atoms with Crippen molar-refractivity contribution in [3.05, 3.63) is 63.9 Å². The Morgan fingerprint density at radius 3 is 2.60 bits per heavy atom. The third kappa shape index (κ3) is 3.45. The predicted octanol–water partition coefficient (Wildman–Crippen LogP) is 4.03. The number of nitrogens with zero attached hydrogens (tertiary/aromatic N) is 1. The molecule has 0 aliphatic rings. The van der Waals surface area contributed by atoms with Crippen molar-refractivity contribution in [1.82, 2.24) is 10.3 Å². The van der Waals surface area contributed by atoms with Gasteiger partial charge in [-0.2, -0.15) is 0 Å². The summed E-state index contributed by atoms with van der Waals surface area (Å²) in [6.45, 7) is 4.11.